The second-order valence-corrected chi connectivity index (χ2v) is 5.03. The number of benzene rings is 2. The van der Waals surface area contributed by atoms with Crippen molar-refractivity contribution in [1.82, 2.24) is 5.32 Å². The molecule has 0 aliphatic heterocycles. The zero-order valence-electron chi connectivity index (χ0n) is 13.5. The van der Waals surface area contributed by atoms with Crippen molar-refractivity contribution in [3.8, 4) is 11.5 Å². The molecule has 0 unspecified atom stereocenters. The van der Waals surface area contributed by atoms with Gasteiger partial charge in [0.25, 0.3) is 5.91 Å². The first kappa shape index (κ1) is 17.3. The highest BCUT2D eigenvalue weighted by atomic mass is 16.5. The van der Waals surface area contributed by atoms with Crippen LogP contribution >= 0.6 is 0 Å². The third-order valence-corrected chi connectivity index (χ3v) is 3.21. The molecule has 2 rings (SSSR count). The van der Waals surface area contributed by atoms with Crippen molar-refractivity contribution >= 4 is 11.8 Å². The predicted octanol–water partition coefficient (Wildman–Crippen LogP) is 1.88. The Morgan fingerprint density at radius 1 is 1.04 bits per heavy atom. The van der Waals surface area contributed by atoms with Gasteiger partial charge in [0, 0.05) is 12.1 Å². The lowest BCUT2D eigenvalue weighted by atomic mass is 10.1. The Morgan fingerprint density at radius 2 is 1.71 bits per heavy atom. The summed E-state index contributed by atoms with van der Waals surface area (Å²) in [6.45, 7) is 2.71. The molecule has 0 saturated heterocycles. The van der Waals surface area contributed by atoms with Gasteiger partial charge in [0.05, 0.1) is 6.61 Å². The molecule has 6 heteroatoms. The number of carbonyl (C=O) groups is 2. The molecule has 0 atom stereocenters. The van der Waals surface area contributed by atoms with Gasteiger partial charge >= 0.3 is 0 Å². The van der Waals surface area contributed by atoms with Crippen molar-refractivity contribution < 1.29 is 19.1 Å². The highest BCUT2D eigenvalue weighted by Crippen LogP contribution is 2.17. The lowest BCUT2D eigenvalue weighted by Gasteiger charge is -2.09. The molecule has 0 aromatic heterocycles. The maximum atomic E-state index is 11.8. The van der Waals surface area contributed by atoms with Gasteiger partial charge in [-0.25, -0.2) is 0 Å². The number of rotatable bonds is 8. The summed E-state index contributed by atoms with van der Waals surface area (Å²) >= 11 is 0. The van der Waals surface area contributed by atoms with Gasteiger partial charge in [-0.05, 0) is 48.9 Å². The van der Waals surface area contributed by atoms with Crippen molar-refractivity contribution in [3.63, 3.8) is 0 Å². The van der Waals surface area contributed by atoms with E-state index in [-0.39, 0.29) is 12.5 Å². The minimum Gasteiger partial charge on any atom is -0.494 e. The van der Waals surface area contributed by atoms with Crippen LogP contribution in [0.1, 0.15) is 22.8 Å². The summed E-state index contributed by atoms with van der Waals surface area (Å²) in [7, 11) is 0. The zero-order valence-corrected chi connectivity index (χ0v) is 13.5. The second-order valence-electron chi connectivity index (χ2n) is 5.03. The summed E-state index contributed by atoms with van der Waals surface area (Å²) < 4.78 is 10.7. The Hall–Kier alpha value is -3.02. The zero-order chi connectivity index (χ0) is 17.4. The van der Waals surface area contributed by atoms with Gasteiger partial charge in [-0.1, -0.05) is 12.1 Å². The minimum absolute atomic E-state index is 0.0938. The van der Waals surface area contributed by atoms with Gasteiger partial charge in [0.15, 0.2) is 6.61 Å². The van der Waals surface area contributed by atoms with Gasteiger partial charge in [-0.3, -0.25) is 9.59 Å². The average Bonchev–Trinajstić information content (AvgIpc) is 2.60. The quantitative estimate of drug-likeness (QED) is 0.774. The summed E-state index contributed by atoms with van der Waals surface area (Å²) in [6, 6.07) is 13.9. The van der Waals surface area contributed by atoms with E-state index in [1.807, 2.05) is 6.92 Å². The number of hydrogen-bond acceptors (Lipinski definition) is 4. The van der Waals surface area contributed by atoms with Crippen LogP contribution in [0.4, 0.5) is 0 Å². The number of nitrogens with one attached hydrogen (secondary N) is 1. The summed E-state index contributed by atoms with van der Waals surface area (Å²) in [4.78, 5) is 22.9. The third-order valence-electron chi connectivity index (χ3n) is 3.21. The fourth-order valence-corrected chi connectivity index (χ4v) is 2.03. The molecule has 0 radical (unpaired) electrons. The molecule has 0 saturated carbocycles. The maximum Gasteiger partial charge on any atom is 0.258 e. The molecule has 24 heavy (non-hydrogen) atoms. The lowest BCUT2D eigenvalue weighted by Crippen LogP contribution is -2.28. The molecule has 0 bridgehead atoms. The highest BCUT2D eigenvalue weighted by Gasteiger charge is 2.05. The van der Waals surface area contributed by atoms with E-state index in [4.69, 9.17) is 15.2 Å². The van der Waals surface area contributed by atoms with Crippen molar-refractivity contribution in [2.24, 2.45) is 5.73 Å². The molecule has 0 spiro atoms. The summed E-state index contributed by atoms with van der Waals surface area (Å²) in [6.07, 6.45) is 0. The molecule has 2 amide bonds. The predicted molar refractivity (Wildman–Crippen MR) is 89.9 cm³/mol. The van der Waals surface area contributed by atoms with Crippen LogP contribution in [0.15, 0.2) is 48.5 Å². The smallest absolute Gasteiger partial charge is 0.258 e. The Kier molecular flexibility index (Phi) is 6.19. The largest absolute Gasteiger partial charge is 0.494 e. The van der Waals surface area contributed by atoms with Crippen LogP contribution in [0.2, 0.25) is 0 Å². The number of amides is 2. The SMILES string of the molecule is CCOc1ccc(OCC(=O)NCc2cccc(C(N)=O)c2)cc1. The summed E-state index contributed by atoms with van der Waals surface area (Å²) in [5.41, 5.74) is 6.43. The lowest BCUT2D eigenvalue weighted by molar-refractivity contribution is -0.123. The number of nitrogens with two attached hydrogens (primary N) is 1. The fourth-order valence-electron chi connectivity index (χ4n) is 2.03. The maximum absolute atomic E-state index is 11.8. The Morgan fingerprint density at radius 3 is 2.33 bits per heavy atom. The first-order valence-electron chi connectivity index (χ1n) is 7.59. The van der Waals surface area contributed by atoms with E-state index in [9.17, 15) is 9.59 Å². The molecular formula is C18H20N2O4. The van der Waals surface area contributed by atoms with E-state index in [2.05, 4.69) is 5.32 Å². The molecule has 0 heterocycles. The van der Waals surface area contributed by atoms with Crippen LogP contribution in [0.3, 0.4) is 0 Å². The average molecular weight is 328 g/mol. The minimum atomic E-state index is -0.498. The van der Waals surface area contributed by atoms with Crippen LogP contribution in [0.25, 0.3) is 0 Å². The molecule has 3 N–H and O–H groups in total. The standard InChI is InChI=1S/C18H20N2O4/c1-2-23-15-6-8-16(9-7-15)24-12-17(21)20-11-13-4-3-5-14(10-13)18(19)22/h3-10H,2,11-12H2,1H3,(H2,19,22)(H,20,21). The van der Waals surface area contributed by atoms with Crippen molar-refractivity contribution in [2.45, 2.75) is 13.5 Å². The number of primary amides is 1. The van der Waals surface area contributed by atoms with Gasteiger partial charge in [0.1, 0.15) is 11.5 Å². The van der Waals surface area contributed by atoms with Crippen LogP contribution in [0.5, 0.6) is 11.5 Å². The van der Waals surface area contributed by atoms with E-state index in [1.165, 1.54) is 0 Å². The monoisotopic (exact) mass is 328 g/mol. The molecule has 126 valence electrons. The van der Waals surface area contributed by atoms with Crippen LogP contribution in [0, 0.1) is 0 Å². The van der Waals surface area contributed by atoms with Crippen molar-refractivity contribution in [3.05, 3.63) is 59.7 Å². The molecular weight excluding hydrogens is 308 g/mol. The van der Waals surface area contributed by atoms with E-state index in [1.54, 1.807) is 48.5 Å². The molecule has 6 nitrogen and oxygen atoms in total. The Labute approximate surface area is 140 Å². The van der Waals surface area contributed by atoms with E-state index in [0.29, 0.717) is 24.5 Å². The van der Waals surface area contributed by atoms with Gasteiger partial charge < -0.3 is 20.5 Å². The molecule has 2 aromatic carbocycles. The number of ether oxygens (including phenoxy) is 2. The first-order chi connectivity index (χ1) is 11.6. The van der Waals surface area contributed by atoms with Gasteiger partial charge in [0.2, 0.25) is 5.91 Å². The van der Waals surface area contributed by atoms with E-state index < -0.39 is 5.91 Å². The van der Waals surface area contributed by atoms with Crippen molar-refractivity contribution in [2.75, 3.05) is 13.2 Å². The van der Waals surface area contributed by atoms with Crippen molar-refractivity contribution in [1.29, 1.82) is 0 Å². The topological polar surface area (TPSA) is 90.7 Å². The highest BCUT2D eigenvalue weighted by molar-refractivity contribution is 5.92. The van der Waals surface area contributed by atoms with Crippen LogP contribution < -0.4 is 20.5 Å². The normalized spacial score (nSPS) is 10.0. The first-order valence-corrected chi connectivity index (χ1v) is 7.59. The van der Waals surface area contributed by atoms with Gasteiger partial charge in [-0.15, -0.1) is 0 Å². The van der Waals surface area contributed by atoms with Crippen LogP contribution in [-0.2, 0) is 11.3 Å². The number of hydrogen-bond donors (Lipinski definition) is 2. The third kappa shape index (κ3) is 5.31. The molecule has 0 aliphatic carbocycles. The Balaban J connectivity index is 1.79. The molecule has 0 aliphatic rings. The Bertz CT molecular complexity index is 698. The van der Waals surface area contributed by atoms with E-state index in [0.717, 1.165) is 11.3 Å². The van der Waals surface area contributed by atoms with E-state index >= 15 is 0 Å². The van der Waals surface area contributed by atoms with Gasteiger partial charge in [-0.2, -0.15) is 0 Å². The molecule has 0 fully saturated rings. The van der Waals surface area contributed by atoms with Crippen LogP contribution in [-0.4, -0.2) is 25.0 Å². The fraction of sp³-hybridized carbons (Fsp3) is 0.222. The molecule has 2 aromatic rings. The summed E-state index contributed by atoms with van der Waals surface area (Å²) in [5.74, 6) is 0.586. The second kappa shape index (κ2) is 8.57. The summed E-state index contributed by atoms with van der Waals surface area (Å²) in [5, 5.41) is 2.73. The number of carbonyl (C=O) groups excluding carboxylic acids is 2.